The third-order valence-corrected chi connectivity index (χ3v) is 1.73. The van der Waals surface area contributed by atoms with E-state index in [1.807, 2.05) is 0 Å². The predicted molar refractivity (Wildman–Crippen MR) is 53.9 cm³/mol. The Kier molecular flexibility index (Phi) is 3.28. The fourth-order valence-corrected chi connectivity index (χ4v) is 1.14. The van der Waals surface area contributed by atoms with Crippen molar-refractivity contribution in [1.82, 2.24) is 5.32 Å². The van der Waals surface area contributed by atoms with E-state index in [0.29, 0.717) is 5.56 Å². The van der Waals surface area contributed by atoms with E-state index in [1.165, 1.54) is 7.85 Å². The van der Waals surface area contributed by atoms with Crippen LogP contribution in [0.2, 0.25) is 0 Å². The summed E-state index contributed by atoms with van der Waals surface area (Å²) in [6, 6.07) is 7.61. The number of carbonyl (C=O) groups excluding carboxylic acids is 1. The van der Waals surface area contributed by atoms with Crippen molar-refractivity contribution in [3.05, 3.63) is 35.9 Å². The fraction of sp³-hybridized carbons (Fsp3) is 0.111. The first-order valence-electron chi connectivity index (χ1n) is 4.16. The van der Waals surface area contributed by atoms with E-state index in [2.05, 4.69) is 5.32 Å². The molecule has 1 aromatic carbocycles. The number of rotatable bonds is 3. The third kappa shape index (κ3) is 2.62. The van der Waals surface area contributed by atoms with Gasteiger partial charge in [-0.25, -0.2) is 4.79 Å². The largest absolute Gasteiger partial charge is 0.479 e. The van der Waals surface area contributed by atoms with Gasteiger partial charge < -0.3 is 10.4 Å². The van der Waals surface area contributed by atoms with E-state index in [1.54, 1.807) is 30.3 Å². The predicted octanol–water partition coefficient (Wildman–Crippen LogP) is 0.155. The van der Waals surface area contributed by atoms with Crippen molar-refractivity contribution in [2.24, 2.45) is 0 Å². The van der Waals surface area contributed by atoms with Gasteiger partial charge in [-0.05, 0) is 5.56 Å². The van der Waals surface area contributed by atoms with Crippen LogP contribution in [0.15, 0.2) is 30.3 Å². The molecule has 0 fully saturated rings. The summed E-state index contributed by atoms with van der Waals surface area (Å²) >= 11 is 0. The molecule has 0 aliphatic carbocycles. The maximum atomic E-state index is 10.8. The summed E-state index contributed by atoms with van der Waals surface area (Å²) in [5.74, 6) is -1.42. The lowest BCUT2D eigenvalue weighted by molar-refractivity contribution is -0.139. The number of carboxylic acid groups (broad SMARTS) is 1. The van der Waals surface area contributed by atoms with Gasteiger partial charge in [-0.15, -0.1) is 0 Å². The van der Waals surface area contributed by atoms with Crippen LogP contribution in [0.1, 0.15) is 11.6 Å². The SMILES string of the molecule is BC(=O)NC(C(=O)O)c1ccccc1. The number of benzene rings is 1. The topological polar surface area (TPSA) is 66.4 Å². The van der Waals surface area contributed by atoms with E-state index in [4.69, 9.17) is 5.11 Å². The highest BCUT2D eigenvalue weighted by Crippen LogP contribution is 2.11. The second kappa shape index (κ2) is 4.46. The van der Waals surface area contributed by atoms with Gasteiger partial charge in [0.1, 0.15) is 0 Å². The van der Waals surface area contributed by atoms with Gasteiger partial charge in [-0.3, -0.25) is 4.79 Å². The lowest BCUT2D eigenvalue weighted by atomic mass is 10.0. The zero-order valence-corrected chi connectivity index (χ0v) is 7.73. The molecule has 1 rings (SSSR count). The average molecular weight is 191 g/mol. The summed E-state index contributed by atoms with van der Waals surface area (Å²) in [6.07, 6.45) is 0. The first-order chi connectivity index (χ1) is 6.61. The van der Waals surface area contributed by atoms with Gasteiger partial charge in [0, 0.05) is 0 Å². The van der Waals surface area contributed by atoms with Crippen LogP contribution >= 0.6 is 0 Å². The maximum absolute atomic E-state index is 10.8. The maximum Gasteiger partial charge on any atom is 0.330 e. The number of aliphatic carboxylic acids is 1. The molecule has 1 unspecified atom stereocenters. The normalized spacial score (nSPS) is 11.7. The highest BCUT2D eigenvalue weighted by Gasteiger charge is 2.19. The minimum Gasteiger partial charge on any atom is -0.479 e. The number of amides is 1. The number of carboxylic acids is 1. The van der Waals surface area contributed by atoms with Gasteiger partial charge in [0.2, 0.25) is 7.85 Å². The first kappa shape index (κ1) is 10.3. The number of hydrogen-bond donors (Lipinski definition) is 2. The van der Waals surface area contributed by atoms with E-state index in [0.717, 1.165) is 0 Å². The standard InChI is InChI=1S/C9H10BNO3/c10-9(14)11-7(8(12)13)6-4-2-1-3-5-6/h1-5,7H,10H2,(H,11,14)(H,12,13). The van der Waals surface area contributed by atoms with Crippen LogP contribution < -0.4 is 5.32 Å². The minimum atomic E-state index is -1.06. The zero-order chi connectivity index (χ0) is 10.6. The molecule has 0 aromatic heterocycles. The monoisotopic (exact) mass is 191 g/mol. The molecule has 0 saturated carbocycles. The van der Waals surface area contributed by atoms with Gasteiger partial charge >= 0.3 is 5.97 Å². The molecule has 0 spiro atoms. The van der Waals surface area contributed by atoms with E-state index >= 15 is 0 Å². The molecule has 1 aromatic rings. The van der Waals surface area contributed by atoms with Gasteiger partial charge in [0.25, 0.3) is 0 Å². The number of hydrogen-bond acceptors (Lipinski definition) is 2. The van der Waals surface area contributed by atoms with Gasteiger partial charge in [-0.2, -0.15) is 0 Å². The summed E-state index contributed by atoms with van der Waals surface area (Å²) in [5, 5.41) is 11.2. The lowest BCUT2D eigenvalue weighted by Gasteiger charge is -2.13. The Morgan fingerprint density at radius 2 is 1.86 bits per heavy atom. The quantitative estimate of drug-likeness (QED) is 0.668. The van der Waals surface area contributed by atoms with Crippen molar-refractivity contribution < 1.29 is 14.7 Å². The Morgan fingerprint density at radius 3 is 2.29 bits per heavy atom. The zero-order valence-electron chi connectivity index (χ0n) is 7.73. The first-order valence-corrected chi connectivity index (χ1v) is 4.16. The number of nitrogens with one attached hydrogen (secondary N) is 1. The average Bonchev–Trinajstić information content (AvgIpc) is 2.15. The molecule has 14 heavy (non-hydrogen) atoms. The molecular formula is C9H10BNO3. The molecule has 1 atom stereocenters. The molecule has 0 aliphatic rings. The van der Waals surface area contributed by atoms with Crippen LogP contribution in [0.4, 0.5) is 4.79 Å². The van der Waals surface area contributed by atoms with Crippen LogP contribution in [0.3, 0.4) is 0 Å². The highest BCUT2D eigenvalue weighted by molar-refractivity contribution is 6.57. The third-order valence-electron chi connectivity index (χ3n) is 1.73. The van der Waals surface area contributed by atoms with Crippen LogP contribution in [-0.2, 0) is 4.79 Å². The van der Waals surface area contributed by atoms with Crippen LogP contribution in [0.25, 0.3) is 0 Å². The van der Waals surface area contributed by atoms with E-state index in [9.17, 15) is 9.59 Å². The molecule has 0 heterocycles. The molecule has 0 radical (unpaired) electrons. The molecule has 4 nitrogen and oxygen atoms in total. The summed E-state index contributed by atoms with van der Waals surface area (Å²) in [5.41, 5.74) is 0.565. The number of carbonyl (C=O) groups is 2. The van der Waals surface area contributed by atoms with Gasteiger partial charge in [-0.1, -0.05) is 30.3 Å². The molecular weight excluding hydrogens is 181 g/mol. The Hall–Kier alpha value is -1.78. The molecule has 2 N–H and O–H groups in total. The Labute approximate surface area is 82.3 Å². The van der Waals surface area contributed by atoms with Crippen molar-refractivity contribution in [3.63, 3.8) is 0 Å². The summed E-state index contributed by atoms with van der Waals surface area (Å²) in [6.45, 7) is 0. The Bertz CT molecular complexity index is 339. The Balaban J connectivity index is 2.89. The lowest BCUT2D eigenvalue weighted by Crippen LogP contribution is -2.32. The van der Waals surface area contributed by atoms with Crippen molar-refractivity contribution >= 4 is 19.6 Å². The van der Waals surface area contributed by atoms with Crippen LogP contribution in [-0.4, -0.2) is 24.7 Å². The highest BCUT2D eigenvalue weighted by atomic mass is 16.4. The van der Waals surface area contributed by atoms with Gasteiger partial charge in [0.15, 0.2) is 11.8 Å². The smallest absolute Gasteiger partial charge is 0.330 e. The molecule has 0 saturated heterocycles. The van der Waals surface area contributed by atoms with Crippen molar-refractivity contribution in [3.8, 4) is 0 Å². The minimum absolute atomic E-state index is 0.360. The van der Waals surface area contributed by atoms with E-state index in [-0.39, 0.29) is 5.81 Å². The molecule has 72 valence electrons. The van der Waals surface area contributed by atoms with Crippen molar-refractivity contribution in [2.45, 2.75) is 6.04 Å². The van der Waals surface area contributed by atoms with Crippen LogP contribution in [0.5, 0.6) is 0 Å². The van der Waals surface area contributed by atoms with E-state index < -0.39 is 12.0 Å². The van der Waals surface area contributed by atoms with Crippen molar-refractivity contribution in [2.75, 3.05) is 0 Å². The Morgan fingerprint density at radius 1 is 1.29 bits per heavy atom. The summed E-state index contributed by atoms with van der Waals surface area (Å²) in [4.78, 5) is 21.6. The van der Waals surface area contributed by atoms with Gasteiger partial charge in [0.05, 0.1) is 0 Å². The van der Waals surface area contributed by atoms with Crippen molar-refractivity contribution in [1.29, 1.82) is 0 Å². The fourth-order valence-electron chi connectivity index (χ4n) is 1.14. The van der Waals surface area contributed by atoms with Crippen LogP contribution in [0, 0.1) is 0 Å². The second-order valence-corrected chi connectivity index (χ2v) is 2.88. The molecule has 0 aliphatic heterocycles. The molecule has 0 bridgehead atoms. The second-order valence-electron chi connectivity index (χ2n) is 2.88. The molecule has 5 heteroatoms. The summed E-state index contributed by atoms with van der Waals surface area (Å²) < 4.78 is 0. The summed E-state index contributed by atoms with van der Waals surface area (Å²) in [7, 11) is 1.29. The molecule has 1 amide bonds.